The van der Waals surface area contributed by atoms with Gasteiger partial charge in [0.15, 0.2) is 5.82 Å². The number of aromatic nitrogens is 3. The summed E-state index contributed by atoms with van der Waals surface area (Å²) in [6.45, 7) is 8.89. The number of nitrogens with zero attached hydrogens (tertiary/aromatic N) is 4. The van der Waals surface area contributed by atoms with E-state index < -0.39 is 0 Å². The molecule has 2 aromatic heterocycles. The topological polar surface area (TPSA) is 72.1 Å². The molecule has 0 saturated heterocycles. The first-order chi connectivity index (χ1) is 10.0. The number of carbonyl (C=O) groups excluding carboxylic acids is 1. The Labute approximate surface area is 128 Å². The zero-order chi connectivity index (χ0) is 15.4. The maximum absolute atomic E-state index is 12.5. The van der Waals surface area contributed by atoms with Gasteiger partial charge in [0, 0.05) is 24.3 Å². The lowest BCUT2D eigenvalue weighted by Gasteiger charge is -2.17. The van der Waals surface area contributed by atoms with Gasteiger partial charge in [0.1, 0.15) is 12.2 Å². The van der Waals surface area contributed by atoms with Gasteiger partial charge >= 0.3 is 0 Å². The van der Waals surface area contributed by atoms with E-state index in [1.54, 1.807) is 4.90 Å². The Balaban J connectivity index is 2.10. The van der Waals surface area contributed by atoms with Crippen LogP contribution in [0, 0.1) is 0 Å². The average Bonchev–Trinajstić information content (AvgIpc) is 3.13. The van der Waals surface area contributed by atoms with Crippen LogP contribution in [-0.2, 0) is 13.0 Å². The first kappa shape index (κ1) is 15.6. The average molecular weight is 308 g/mol. The first-order valence-electron chi connectivity index (χ1n) is 7.11. The summed E-state index contributed by atoms with van der Waals surface area (Å²) >= 11 is 1.52. The molecular weight excluding hydrogens is 288 g/mol. The normalized spacial score (nSPS) is 11.1. The molecule has 0 radical (unpaired) electrons. The van der Waals surface area contributed by atoms with Crippen molar-refractivity contribution >= 4 is 17.2 Å². The molecule has 0 aliphatic heterocycles. The van der Waals surface area contributed by atoms with Gasteiger partial charge in [-0.05, 0) is 6.92 Å². The van der Waals surface area contributed by atoms with Crippen molar-refractivity contribution in [2.75, 3.05) is 6.54 Å². The van der Waals surface area contributed by atoms with E-state index in [4.69, 9.17) is 4.52 Å². The molecule has 6 nitrogen and oxygen atoms in total. The fourth-order valence-electron chi connectivity index (χ4n) is 1.80. The summed E-state index contributed by atoms with van der Waals surface area (Å²) < 4.78 is 5.14. The Morgan fingerprint density at radius 1 is 1.38 bits per heavy atom. The van der Waals surface area contributed by atoms with Crippen LogP contribution >= 0.6 is 11.3 Å². The third-order valence-corrected chi connectivity index (χ3v) is 4.20. The number of thiazole rings is 1. The third-order valence-electron chi connectivity index (χ3n) is 3.06. The Morgan fingerprint density at radius 3 is 2.67 bits per heavy atom. The molecule has 0 saturated carbocycles. The minimum absolute atomic E-state index is 0.100. The molecular formula is C14H20N4O2S. The largest absolute Gasteiger partial charge is 0.337 e. The highest BCUT2D eigenvalue weighted by Gasteiger charge is 2.20. The fourth-order valence-corrected chi connectivity index (χ4v) is 2.61. The SMILES string of the molecule is CCc1noc(CN(CC)C(=O)c2csc(C(C)C)n2)n1. The zero-order valence-corrected chi connectivity index (χ0v) is 13.6. The van der Waals surface area contributed by atoms with Crippen molar-refractivity contribution in [1.82, 2.24) is 20.0 Å². The minimum Gasteiger partial charge on any atom is -0.337 e. The van der Waals surface area contributed by atoms with E-state index in [9.17, 15) is 4.79 Å². The second-order valence-electron chi connectivity index (χ2n) is 5.00. The smallest absolute Gasteiger partial charge is 0.273 e. The lowest BCUT2D eigenvalue weighted by Crippen LogP contribution is -2.30. The standard InChI is InChI=1S/C14H20N4O2S/c1-5-11-16-12(20-17-11)7-18(6-2)14(19)10-8-21-13(15-10)9(3)4/h8-9H,5-7H2,1-4H3. The number of hydrogen-bond donors (Lipinski definition) is 0. The van der Waals surface area contributed by atoms with Gasteiger partial charge < -0.3 is 9.42 Å². The van der Waals surface area contributed by atoms with E-state index in [1.165, 1.54) is 11.3 Å². The summed E-state index contributed by atoms with van der Waals surface area (Å²) in [5.41, 5.74) is 0.487. The monoisotopic (exact) mass is 308 g/mol. The van der Waals surface area contributed by atoms with Crippen LogP contribution in [0.25, 0.3) is 0 Å². The lowest BCUT2D eigenvalue weighted by molar-refractivity contribution is 0.0729. The minimum atomic E-state index is -0.100. The van der Waals surface area contributed by atoms with Gasteiger partial charge in [-0.2, -0.15) is 4.98 Å². The molecule has 0 spiro atoms. The van der Waals surface area contributed by atoms with Crippen LogP contribution in [0.2, 0.25) is 0 Å². The number of hydrogen-bond acceptors (Lipinski definition) is 6. The van der Waals surface area contributed by atoms with Gasteiger partial charge in [0.25, 0.3) is 5.91 Å². The molecule has 21 heavy (non-hydrogen) atoms. The van der Waals surface area contributed by atoms with E-state index in [1.807, 2.05) is 19.2 Å². The van der Waals surface area contributed by atoms with Gasteiger partial charge in [-0.1, -0.05) is 25.9 Å². The highest BCUT2D eigenvalue weighted by molar-refractivity contribution is 7.09. The predicted molar refractivity (Wildman–Crippen MR) is 80.3 cm³/mol. The zero-order valence-electron chi connectivity index (χ0n) is 12.8. The Bertz CT molecular complexity index is 606. The Morgan fingerprint density at radius 2 is 2.14 bits per heavy atom. The molecule has 114 valence electrons. The Hall–Kier alpha value is -1.76. The molecule has 0 aliphatic carbocycles. The molecule has 0 bridgehead atoms. The van der Waals surface area contributed by atoms with Crippen molar-refractivity contribution in [2.24, 2.45) is 0 Å². The van der Waals surface area contributed by atoms with E-state index >= 15 is 0 Å². The molecule has 0 atom stereocenters. The molecule has 0 aliphatic rings. The Kier molecular flexibility index (Phi) is 5.06. The molecule has 0 unspecified atom stereocenters. The second-order valence-corrected chi connectivity index (χ2v) is 5.89. The van der Waals surface area contributed by atoms with Crippen LogP contribution in [0.1, 0.15) is 60.8 Å². The van der Waals surface area contributed by atoms with E-state index in [2.05, 4.69) is 29.0 Å². The molecule has 1 amide bonds. The lowest BCUT2D eigenvalue weighted by atomic mass is 10.2. The molecule has 2 aromatic rings. The van der Waals surface area contributed by atoms with E-state index in [0.29, 0.717) is 42.8 Å². The van der Waals surface area contributed by atoms with E-state index in [-0.39, 0.29) is 5.91 Å². The van der Waals surface area contributed by atoms with Crippen LogP contribution < -0.4 is 0 Å². The van der Waals surface area contributed by atoms with Gasteiger partial charge in [0.05, 0.1) is 5.01 Å². The van der Waals surface area contributed by atoms with Gasteiger partial charge in [0.2, 0.25) is 5.89 Å². The third kappa shape index (κ3) is 3.66. The van der Waals surface area contributed by atoms with Crippen LogP contribution in [0.4, 0.5) is 0 Å². The van der Waals surface area contributed by atoms with Crippen LogP contribution in [0.15, 0.2) is 9.90 Å². The fraction of sp³-hybridized carbons (Fsp3) is 0.571. The molecule has 0 fully saturated rings. The highest BCUT2D eigenvalue weighted by atomic mass is 32.1. The quantitative estimate of drug-likeness (QED) is 0.820. The van der Waals surface area contributed by atoms with Crippen molar-refractivity contribution in [3.05, 3.63) is 27.8 Å². The molecule has 2 rings (SSSR count). The van der Waals surface area contributed by atoms with Crippen molar-refractivity contribution in [1.29, 1.82) is 0 Å². The van der Waals surface area contributed by atoms with Crippen LogP contribution in [0.5, 0.6) is 0 Å². The molecule has 0 N–H and O–H groups in total. The molecule has 7 heteroatoms. The summed E-state index contributed by atoms with van der Waals surface area (Å²) in [5, 5.41) is 6.63. The second kappa shape index (κ2) is 6.80. The number of amides is 1. The summed E-state index contributed by atoms with van der Waals surface area (Å²) in [5.74, 6) is 1.34. The van der Waals surface area contributed by atoms with E-state index in [0.717, 1.165) is 5.01 Å². The van der Waals surface area contributed by atoms with Crippen molar-refractivity contribution in [3.8, 4) is 0 Å². The maximum atomic E-state index is 12.5. The van der Waals surface area contributed by atoms with Gasteiger partial charge in [-0.15, -0.1) is 11.3 Å². The van der Waals surface area contributed by atoms with Crippen molar-refractivity contribution in [2.45, 2.75) is 46.6 Å². The number of rotatable bonds is 6. The maximum Gasteiger partial charge on any atom is 0.273 e. The van der Waals surface area contributed by atoms with Crippen molar-refractivity contribution in [3.63, 3.8) is 0 Å². The van der Waals surface area contributed by atoms with Crippen LogP contribution in [0.3, 0.4) is 0 Å². The summed E-state index contributed by atoms with van der Waals surface area (Å²) in [4.78, 5) is 22.8. The molecule has 2 heterocycles. The predicted octanol–water partition coefficient (Wildman–Crippen LogP) is 2.87. The highest BCUT2D eigenvalue weighted by Crippen LogP contribution is 2.20. The summed E-state index contributed by atoms with van der Waals surface area (Å²) in [6.07, 6.45) is 0.716. The van der Waals surface area contributed by atoms with Gasteiger partial charge in [-0.25, -0.2) is 4.98 Å². The van der Waals surface area contributed by atoms with Gasteiger partial charge in [-0.3, -0.25) is 4.79 Å². The summed E-state index contributed by atoms with van der Waals surface area (Å²) in [6, 6.07) is 0. The first-order valence-corrected chi connectivity index (χ1v) is 7.99. The van der Waals surface area contributed by atoms with Crippen molar-refractivity contribution < 1.29 is 9.32 Å². The number of aryl methyl sites for hydroxylation is 1. The number of carbonyl (C=O) groups is 1. The van der Waals surface area contributed by atoms with Crippen LogP contribution in [-0.4, -0.2) is 32.5 Å². The molecule has 0 aromatic carbocycles. The summed E-state index contributed by atoms with van der Waals surface area (Å²) in [7, 11) is 0.